The van der Waals surface area contributed by atoms with E-state index in [1.165, 1.54) is 5.56 Å². The maximum Gasteiger partial charge on any atom is 0.230 e. The highest BCUT2D eigenvalue weighted by Crippen LogP contribution is 2.18. The van der Waals surface area contributed by atoms with Gasteiger partial charge in [-0.2, -0.15) is 0 Å². The third-order valence-corrected chi connectivity index (χ3v) is 3.52. The van der Waals surface area contributed by atoms with Crippen molar-refractivity contribution in [2.45, 2.75) is 31.3 Å². The van der Waals surface area contributed by atoms with Crippen molar-refractivity contribution in [3.63, 3.8) is 0 Å². The van der Waals surface area contributed by atoms with Crippen LogP contribution < -0.4 is 10.6 Å². The summed E-state index contributed by atoms with van der Waals surface area (Å²) < 4.78 is 4.99. The van der Waals surface area contributed by atoms with Crippen LogP contribution in [0.4, 0.5) is 0 Å². The van der Waals surface area contributed by atoms with Crippen molar-refractivity contribution < 1.29 is 9.53 Å². The van der Waals surface area contributed by atoms with E-state index in [2.05, 4.69) is 22.8 Å². The molecule has 0 aromatic heterocycles. The molecule has 0 bridgehead atoms. The average Bonchev–Trinajstić information content (AvgIpc) is 2.41. The van der Waals surface area contributed by atoms with Gasteiger partial charge in [0.25, 0.3) is 0 Å². The SMILES string of the molecule is COCCNCc1cccc(SCC(=O)NC(C)C)c1. The van der Waals surface area contributed by atoms with Gasteiger partial charge in [0, 0.05) is 31.1 Å². The monoisotopic (exact) mass is 296 g/mol. The smallest absolute Gasteiger partial charge is 0.230 e. The minimum Gasteiger partial charge on any atom is -0.383 e. The Morgan fingerprint density at radius 3 is 2.90 bits per heavy atom. The Labute approximate surface area is 125 Å². The summed E-state index contributed by atoms with van der Waals surface area (Å²) in [6, 6.07) is 8.45. The number of rotatable bonds is 9. The lowest BCUT2D eigenvalue weighted by Gasteiger charge is -2.09. The second-order valence-corrected chi connectivity index (χ2v) is 5.88. The number of methoxy groups -OCH3 is 1. The Kier molecular flexibility index (Phi) is 8.34. The van der Waals surface area contributed by atoms with Gasteiger partial charge in [0.05, 0.1) is 12.4 Å². The molecule has 5 heteroatoms. The van der Waals surface area contributed by atoms with E-state index in [0.29, 0.717) is 12.4 Å². The molecule has 0 spiro atoms. The van der Waals surface area contributed by atoms with E-state index >= 15 is 0 Å². The molecule has 0 saturated carbocycles. The van der Waals surface area contributed by atoms with E-state index in [0.717, 1.165) is 18.0 Å². The van der Waals surface area contributed by atoms with Gasteiger partial charge in [-0.15, -0.1) is 11.8 Å². The van der Waals surface area contributed by atoms with Crippen molar-refractivity contribution in [3.05, 3.63) is 29.8 Å². The first-order chi connectivity index (χ1) is 9.61. The number of amides is 1. The first-order valence-electron chi connectivity index (χ1n) is 6.82. The molecule has 1 amide bonds. The summed E-state index contributed by atoms with van der Waals surface area (Å²) in [6.07, 6.45) is 0. The lowest BCUT2D eigenvalue weighted by molar-refractivity contribution is -0.119. The van der Waals surface area contributed by atoms with E-state index in [9.17, 15) is 4.79 Å². The summed E-state index contributed by atoms with van der Waals surface area (Å²) in [5.41, 5.74) is 1.22. The fraction of sp³-hybridized carbons (Fsp3) is 0.533. The molecule has 20 heavy (non-hydrogen) atoms. The number of benzene rings is 1. The number of carbonyl (C=O) groups is 1. The van der Waals surface area contributed by atoms with Crippen LogP contribution in [0.25, 0.3) is 0 Å². The standard InChI is InChI=1S/C15H24N2O2S/c1-12(2)17-15(18)11-20-14-6-4-5-13(9-14)10-16-7-8-19-3/h4-6,9,12,16H,7-8,10-11H2,1-3H3,(H,17,18). The molecule has 0 heterocycles. The van der Waals surface area contributed by atoms with Crippen molar-refractivity contribution in [2.24, 2.45) is 0 Å². The lowest BCUT2D eigenvalue weighted by Crippen LogP contribution is -2.31. The van der Waals surface area contributed by atoms with Gasteiger partial charge in [-0.3, -0.25) is 4.79 Å². The second kappa shape index (κ2) is 9.80. The van der Waals surface area contributed by atoms with Crippen LogP contribution >= 0.6 is 11.8 Å². The molecular weight excluding hydrogens is 272 g/mol. The first kappa shape index (κ1) is 17.0. The van der Waals surface area contributed by atoms with Crippen molar-refractivity contribution in [1.82, 2.24) is 10.6 Å². The summed E-state index contributed by atoms with van der Waals surface area (Å²) in [5, 5.41) is 6.20. The van der Waals surface area contributed by atoms with E-state index in [1.807, 2.05) is 26.0 Å². The normalized spacial score (nSPS) is 10.8. The maximum atomic E-state index is 11.6. The Bertz CT molecular complexity index is 411. The van der Waals surface area contributed by atoms with Gasteiger partial charge in [-0.1, -0.05) is 12.1 Å². The second-order valence-electron chi connectivity index (χ2n) is 4.83. The van der Waals surface area contributed by atoms with Crippen molar-refractivity contribution in [1.29, 1.82) is 0 Å². The van der Waals surface area contributed by atoms with Crippen molar-refractivity contribution >= 4 is 17.7 Å². The average molecular weight is 296 g/mol. The molecule has 0 aliphatic rings. The molecule has 0 aliphatic carbocycles. The van der Waals surface area contributed by atoms with Gasteiger partial charge in [-0.25, -0.2) is 0 Å². The number of hydrogen-bond donors (Lipinski definition) is 2. The van der Waals surface area contributed by atoms with E-state index in [-0.39, 0.29) is 11.9 Å². The molecule has 0 saturated heterocycles. The number of carbonyl (C=O) groups excluding carboxylic acids is 1. The molecule has 2 N–H and O–H groups in total. The van der Waals surface area contributed by atoms with Crippen LogP contribution in [0.2, 0.25) is 0 Å². The quantitative estimate of drug-likeness (QED) is 0.541. The van der Waals surface area contributed by atoms with Gasteiger partial charge in [0.1, 0.15) is 0 Å². The van der Waals surface area contributed by atoms with Crippen LogP contribution in [0.1, 0.15) is 19.4 Å². The molecule has 112 valence electrons. The largest absolute Gasteiger partial charge is 0.383 e. The van der Waals surface area contributed by atoms with Crippen LogP contribution in [-0.4, -0.2) is 38.0 Å². The van der Waals surface area contributed by atoms with Crippen LogP contribution in [0.3, 0.4) is 0 Å². The first-order valence-corrected chi connectivity index (χ1v) is 7.81. The van der Waals surface area contributed by atoms with Crippen LogP contribution in [0.15, 0.2) is 29.2 Å². The van der Waals surface area contributed by atoms with Crippen molar-refractivity contribution in [3.8, 4) is 0 Å². The molecule has 4 nitrogen and oxygen atoms in total. The summed E-state index contributed by atoms with van der Waals surface area (Å²) in [5.74, 6) is 0.535. The fourth-order valence-corrected chi connectivity index (χ4v) is 2.46. The van der Waals surface area contributed by atoms with Gasteiger partial charge in [0.2, 0.25) is 5.91 Å². The van der Waals surface area contributed by atoms with Crippen molar-refractivity contribution in [2.75, 3.05) is 26.0 Å². The zero-order valence-corrected chi connectivity index (χ0v) is 13.3. The van der Waals surface area contributed by atoms with Gasteiger partial charge in [-0.05, 0) is 31.5 Å². The molecule has 0 aliphatic heterocycles. The van der Waals surface area contributed by atoms with Gasteiger partial charge < -0.3 is 15.4 Å². The number of thioether (sulfide) groups is 1. The third kappa shape index (κ3) is 7.53. The topological polar surface area (TPSA) is 50.4 Å². The molecule has 0 fully saturated rings. The lowest BCUT2D eigenvalue weighted by atomic mass is 10.2. The molecule has 1 rings (SSSR count). The summed E-state index contributed by atoms with van der Waals surface area (Å²) in [4.78, 5) is 12.7. The van der Waals surface area contributed by atoms with E-state index in [1.54, 1.807) is 18.9 Å². The minimum absolute atomic E-state index is 0.0774. The Morgan fingerprint density at radius 2 is 2.20 bits per heavy atom. The van der Waals surface area contributed by atoms with Crippen LogP contribution in [0, 0.1) is 0 Å². The summed E-state index contributed by atoms with van der Waals surface area (Å²) >= 11 is 1.56. The molecule has 1 aromatic rings. The number of ether oxygens (including phenoxy) is 1. The Hall–Kier alpha value is -1.04. The maximum absolute atomic E-state index is 11.6. The van der Waals surface area contributed by atoms with Gasteiger partial charge in [0.15, 0.2) is 0 Å². The Morgan fingerprint density at radius 1 is 1.40 bits per heavy atom. The van der Waals surface area contributed by atoms with Crippen LogP contribution in [-0.2, 0) is 16.1 Å². The zero-order chi connectivity index (χ0) is 14.8. The predicted octanol–water partition coefficient (Wildman–Crippen LogP) is 2.04. The highest BCUT2D eigenvalue weighted by Gasteiger charge is 2.04. The van der Waals surface area contributed by atoms with E-state index in [4.69, 9.17) is 4.74 Å². The molecule has 0 atom stereocenters. The van der Waals surface area contributed by atoms with E-state index < -0.39 is 0 Å². The molecule has 1 aromatic carbocycles. The fourth-order valence-electron chi connectivity index (χ4n) is 1.66. The third-order valence-electron chi connectivity index (χ3n) is 2.53. The highest BCUT2D eigenvalue weighted by atomic mass is 32.2. The molecule has 0 radical (unpaired) electrons. The number of hydrogen-bond acceptors (Lipinski definition) is 4. The van der Waals surface area contributed by atoms with Crippen LogP contribution in [0.5, 0.6) is 0 Å². The highest BCUT2D eigenvalue weighted by molar-refractivity contribution is 8.00. The molecule has 0 unspecified atom stereocenters. The minimum atomic E-state index is 0.0774. The summed E-state index contributed by atoms with van der Waals surface area (Å²) in [7, 11) is 1.70. The Balaban J connectivity index is 2.37. The summed E-state index contributed by atoms with van der Waals surface area (Å²) in [6.45, 7) is 6.30. The number of nitrogens with one attached hydrogen (secondary N) is 2. The zero-order valence-electron chi connectivity index (χ0n) is 12.4. The predicted molar refractivity (Wildman–Crippen MR) is 84.0 cm³/mol. The molecular formula is C15H24N2O2S. The van der Waals surface area contributed by atoms with Gasteiger partial charge >= 0.3 is 0 Å².